The monoisotopic (exact) mass is 231 g/mol. The Labute approximate surface area is 104 Å². The van der Waals surface area contributed by atoms with E-state index in [4.69, 9.17) is 0 Å². The van der Waals surface area contributed by atoms with Crippen LogP contribution in [0.2, 0.25) is 0 Å². The third kappa shape index (κ3) is 3.06. The molecule has 0 saturated heterocycles. The van der Waals surface area contributed by atoms with E-state index in [1.54, 1.807) is 0 Å². The highest BCUT2D eigenvalue weighted by atomic mass is 15.2. The first-order valence-corrected chi connectivity index (χ1v) is 6.10. The van der Waals surface area contributed by atoms with E-state index < -0.39 is 5.54 Å². The maximum Gasteiger partial charge on any atom is 0.144 e. The summed E-state index contributed by atoms with van der Waals surface area (Å²) in [6, 6.07) is 12.4. The lowest BCUT2D eigenvalue weighted by Gasteiger charge is -2.32. The molecular formula is C14H21N3. The molecule has 0 bridgehead atoms. The Kier molecular flexibility index (Phi) is 5.14. The van der Waals surface area contributed by atoms with Crippen LogP contribution in [0.4, 0.5) is 0 Å². The van der Waals surface area contributed by atoms with Crippen LogP contribution in [-0.2, 0) is 5.54 Å². The zero-order valence-electron chi connectivity index (χ0n) is 10.9. The average Bonchev–Trinajstić information content (AvgIpc) is 2.42. The van der Waals surface area contributed by atoms with Gasteiger partial charge in [0.15, 0.2) is 0 Å². The number of rotatable bonds is 6. The molecular weight excluding hydrogens is 210 g/mol. The lowest BCUT2D eigenvalue weighted by atomic mass is 9.91. The molecule has 92 valence electrons. The van der Waals surface area contributed by atoms with Gasteiger partial charge in [-0.05, 0) is 25.7 Å². The van der Waals surface area contributed by atoms with E-state index in [9.17, 15) is 5.26 Å². The lowest BCUT2D eigenvalue weighted by Crippen LogP contribution is -2.48. The summed E-state index contributed by atoms with van der Waals surface area (Å²) in [6.45, 7) is 6.85. The molecule has 1 atom stereocenters. The Hall–Kier alpha value is -1.37. The van der Waals surface area contributed by atoms with Gasteiger partial charge in [0.2, 0.25) is 0 Å². The zero-order valence-corrected chi connectivity index (χ0v) is 10.9. The number of nitriles is 1. The van der Waals surface area contributed by atoms with Crippen LogP contribution in [0.3, 0.4) is 0 Å². The Balaban J connectivity index is 3.02. The Morgan fingerprint density at radius 2 is 1.82 bits per heavy atom. The van der Waals surface area contributed by atoms with Crippen molar-refractivity contribution < 1.29 is 0 Å². The second kappa shape index (κ2) is 6.39. The summed E-state index contributed by atoms with van der Waals surface area (Å²) in [5, 5.41) is 12.7. The molecule has 0 amide bonds. The van der Waals surface area contributed by atoms with E-state index in [0.29, 0.717) is 6.54 Å². The summed E-state index contributed by atoms with van der Waals surface area (Å²) in [6.07, 6.45) is 0. The standard InChI is InChI=1S/C14H21N3/c1-4-17(5-2)12-14(11-15,16-3)13-9-7-6-8-10-13/h6-10,16H,4-5,12H2,1-3H3. The van der Waals surface area contributed by atoms with Crippen molar-refractivity contribution in [1.82, 2.24) is 10.2 Å². The second-order valence-corrected chi connectivity index (χ2v) is 4.09. The molecule has 0 aliphatic rings. The van der Waals surface area contributed by atoms with Gasteiger partial charge in [0.1, 0.15) is 5.54 Å². The Morgan fingerprint density at radius 1 is 1.24 bits per heavy atom. The molecule has 0 aliphatic heterocycles. The van der Waals surface area contributed by atoms with Crippen molar-refractivity contribution >= 4 is 0 Å². The quantitative estimate of drug-likeness (QED) is 0.813. The van der Waals surface area contributed by atoms with Crippen LogP contribution in [0.15, 0.2) is 30.3 Å². The maximum atomic E-state index is 9.53. The first kappa shape index (κ1) is 13.7. The summed E-state index contributed by atoms with van der Waals surface area (Å²) in [5.74, 6) is 0. The van der Waals surface area contributed by atoms with Gasteiger partial charge in [0, 0.05) is 6.54 Å². The van der Waals surface area contributed by atoms with E-state index in [2.05, 4.69) is 30.1 Å². The molecule has 1 N–H and O–H groups in total. The van der Waals surface area contributed by atoms with Gasteiger partial charge >= 0.3 is 0 Å². The van der Waals surface area contributed by atoms with E-state index in [0.717, 1.165) is 18.7 Å². The van der Waals surface area contributed by atoms with Crippen LogP contribution in [0.5, 0.6) is 0 Å². The van der Waals surface area contributed by atoms with E-state index in [1.165, 1.54) is 0 Å². The molecule has 17 heavy (non-hydrogen) atoms. The number of nitrogens with zero attached hydrogens (tertiary/aromatic N) is 2. The highest BCUT2D eigenvalue weighted by Gasteiger charge is 2.31. The number of hydrogen-bond acceptors (Lipinski definition) is 3. The van der Waals surface area contributed by atoms with Gasteiger partial charge in [-0.3, -0.25) is 5.32 Å². The van der Waals surface area contributed by atoms with Crippen molar-refractivity contribution in [2.45, 2.75) is 19.4 Å². The molecule has 0 saturated carbocycles. The van der Waals surface area contributed by atoms with Crippen LogP contribution in [0.1, 0.15) is 19.4 Å². The van der Waals surface area contributed by atoms with Crippen LogP contribution in [0, 0.1) is 11.3 Å². The molecule has 1 aromatic carbocycles. The van der Waals surface area contributed by atoms with Crippen molar-refractivity contribution in [2.24, 2.45) is 0 Å². The number of hydrogen-bond donors (Lipinski definition) is 1. The minimum atomic E-state index is -0.618. The molecule has 3 nitrogen and oxygen atoms in total. The summed E-state index contributed by atoms with van der Waals surface area (Å²) in [7, 11) is 1.85. The van der Waals surface area contributed by atoms with Crippen molar-refractivity contribution in [3.63, 3.8) is 0 Å². The van der Waals surface area contributed by atoms with Crippen LogP contribution >= 0.6 is 0 Å². The lowest BCUT2D eigenvalue weighted by molar-refractivity contribution is 0.236. The highest BCUT2D eigenvalue weighted by molar-refractivity contribution is 5.31. The van der Waals surface area contributed by atoms with E-state index >= 15 is 0 Å². The van der Waals surface area contributed by atoms with E-state index in [-0.39, 0.29) is 0 Å². The molecule has 0 aliphatic carbocycles. The fourth-order valence-electron chi connectivity index (χ4n) is 1.98. The summed E-state index contributed by atoms with van der Waals surface area (Å²) < 4.78 is 0. The molecule has 0 aromatic heterocycles. The SMILES string of the molecule is CCN(CC)CC(C#N)(NC)c1ccccc1. The summed E-state index contributed by atoms with van der Waals surface area (Å²) in [5.41, 5.74) is 0.407. The Morgan fingerprint density at radius 3 is 2.24 bits per heavy atom. The Bertz CT molecular complexity index is 365. The summed E-state index contributed by atoms with van der Waals surface area (Å²) in [4.78, 5) is 2.26. The first-order chi connectivity index (χ1) is 8.22. The molecule has 1 rings (SSSR count). The van der Waals surface area contributed by atoms with Crippen molar-refractivity contribution in [2.75, 3.05) is 26.7 Å². The van der Waals surface area contributed by atoms with Crippen molar-refractivity contribution in [1.29, 1.82) is 5.26 Å². The number of nitrogens with one attached hydrogen (secondary N) is 1. The summed E-state index contributed by atoms with van der Waals surface area (Å²) >= 11 is 0. The molecule has 0 spiro atoms. The van der Waals surface area contributed by atoms with Gasteiger partial charge in [-0.15, -0.1) is 0 Å². The molecule has 3 heteroatoms. The fourth-order valence-corrected chi connectivity index (χ4v) is 1.98. The van der Waals surface area contributed by atoms with Crippen molar-refractivity contribution in [3.8, 4) is 6.07 Å². The third-order valence-corrected chi connectivity index (χ3v) is 3.24. The number of likely N-dealkylation sites (N-methyl/N-ethyl adjacent to an activating group) is 2. The van der Waals surface area contributed by atoms with Gasteiger partial charge < -0.3 is 4.90 Å². The smallest absolute Gasteiger partial charge is 0.144 e. The molecule has 1 aromatic rings. The predicted molar refractivity (Wildman–Crippen MR) is 70.6 cm³/mol. The van der Waals surface area contributed by atoms with Gasteiger partial charge in [-0.2, -0.15) is 5.26 Å². The largest absolute Gasteiger partial charge is 0.301 e. The van der Waals surface area contributed by atoms with Gasteiger partial charge in [0.25, 0.3) is 0 Å². The predicted octanol–water partition coefficient (Wildman–Crippen LogP) is 1.97. The van der Waals surface area contributed by atoms with Crippen LogP contribution in [-0.4, -0.2) is 31.6 Å². The molecule has 0 radical (unpaired) electrons. The van der Waals surface area contributed by atoms with Crippen LogP contribution in [0.25, 0.3) is 0 Å². The zero-order chi connectivity index (χ0) is 12.7. The minimum absolute atomic E-state index is 0.618. The van der Waals surface area contributed by atoms with Gasteiger partial charge in [-0.25, -0.2) is 0 Å². The molecule has 0 fully saturated rings. The number of benzene rings is 1. The highest BCUT2D eigenvalue weighted by Crippen LogP contribution is 2.21. The normalized spacial score (nSPS) is 14.3. The van der Waals surface area contributed by atoms with Gasteiger partial charge in [0.05, 0.1) is 6.07 Å². The third-order valence-electron chi connectivity index (χ3n) is 3.24. The van der Waals surface area contributed by atoms with Gasteiger partial charge in [-0.1, -0.05) is 44.2 Å². The molecule has 0 heterocycles. The molecule has 1 unspecified atom stereocenters. The second-order valence-electron chi connectivity index (χ2n) is 4.09. The minimum Gasteiger partial charge on any atom is -0.301 e. The van der Waals surface area contributed by atoms with E-state index in [1.807, 2.05) is 37.4 Å². The fraction of sp³-hybridized carbons (Fsp3) is 0.500. The average molecular weight is 231 g/mol. The maximum absolute atomic E-state index is 9.53. The van der Waals surface area contributed by atoms with Crippen LogP contribution < -0.4 is 5.32 Å². The first-order valence-electron chi connectivity index (χ1n) is 6.10. The van der Waals surface area contributed by atoms with Crippen molar-refractivity contribution in [3.05, 3.63) is 35.9 Å². The topological polar surface area (TPSA) is 39.1 Å².